The molecular weight excluding hydrogens is 250 g/mol. The van der Waals surface area contributed by atoms with Crippen LogP contribution in [-0.2, 0) is 5.54 Å². The molecule has 0 saturated carbocycles. The topological polar surface area (TPSA) is 35.6 Å². The van der Waals surface area contributed by atoms with Crippen LogP contribution in [-0.4, -0.2) is 49.1 Å². The number of hydrogen-bond acceptors (Lipinski definition) is 2. The average Bonchev–Trinajstić information content (AvgIpc) is 2.95. The van der Waals surface area contributed by atoms with Crippen molar-refractivity contribution < 1.29 is 4.79 Å². The maximum atomic E-state index is 12.7. The first-order valence-electron chi connectivity index (χ1n) is 7.22. The van der Waals surface area contributed by atoms with Crippen LogP contribution in [0.3, 0.4) is 0 Å². The van der Waals surface area contributed by atoms with Crippen molar-refractivity contribution in [2.45, 2.75) is 31.8 Å². The van der Waals surface area contributed by atoms with E-state index in [1.807, 2.05) is 42.1 Å². The number of likely N-dealkylation sites (tertiary alicyclic amines) is 1. The zero-order valence-corrected chi connectivity index (χ0v) is 12.9. The van der Waals surface area contributed by atoms with Crippen molar-refractivity contribution in [3.63, 3.8) is 0 Å². The molecule has 1 saturated heterocycles. The number of likely N-dealkylation sites (N-methyl/N-ethyl adjacent to an activating group) is 1. The number of hydrogen-bond donors (Lipinski definition) is 1. The molecule has 1 aromatic carbocycles. The van der Waals surface area contributed by atoms with Gasteiger partial charge in [-0.05, 0) is 32.9 Å². The van der Waals surface area contributed by atoms with Crippen LogP contribution in [0.25, 0.3) is 0 Å². The summed E-state index contributed by atoms with van der Waals surface area (Å²) >= 11 is 0. The lowest BCUT2D eigenvalue weighted by atomic mass is 9.93. The van der Waals surface area contributed by atoms with E-state index in [9.17, 15) is 4.79 Å². The van der Waals surface area contributed by atoms with Gasteiger partial charge in [-0.25, -0.2) is 4.79 Å². The van der Waals surface area contributed by atoms with Crippen LogP contribution in [0.5, 0.6) is 0 Å². The highest BCUT2D eigenvalue weighted by atomic mass is 16.2. The third-order valence-electron chi connectivity index (χ3n) is 4.47. The van der Waals surface area contributed by atoms with Crippen LogP contribution in [0.4, 0.5) is 4.79 Å². The van der Waals surface area contributed by atoms with Gasteiger partial charge >= 0.3 is 6.03 Å². The van der Waals surface area contributed by atoms with Crippen LogP contribution < -0.4 is 5.32 Å². The molecule has 2 rings (SSSR count). The molecule has 1 N–H and O–H groups in total. The molecule has 1 fully saturated rings. The normalized spacial score (nSPS) is 19.2. The molecule has 1 aliphatic heterocycles. The van der Waals surface area contributed by atoms with E-state index in [2.05, 4.69) is 31.3 Å². The van der Waals surface area contributed by atoms with Gasteiger partial charge in [0.2, 0.25) is 0 Å². The minimum absolute atomic E-state index is 0.108. The first-order valence-corrected chi connectivity index (χ1v) is 7.22. The first-order chi connectivity index (χ1) is 9.46. The Kier molecular flexibility index (Phi) is 4.33. The minimum Gasteiger partial charge on any atom is -0.323 e. The number of amides is 2. The van der Waals surface area contributed by atoms with Crippen molar-refractivity contribution in [3.8, 4) is 0 Å². The molecule has 1 heterocycles. The van der Waals surface area contributed by atoms with E-state index in [1.54, 1.807) is 0 Å². The Labute approximate surface area is 121 Å². The number of carbonyl (C=O) groups is 1. The summed E-state index contributed by atoms with van der Waals surface area (Å²) in [5.74, 6) is 0. The number of benzene rings is 1. The van der Waals surface area contributed by atoms with Crippen LogP contribution >= 0.6 is 0 Å². The van der Waals surface area contributed by atoms with Crippen molar-refractivity contribution in [2.24, 2.45) is 0 Å². The van der Waals surface area contributed by atoms with Crippen molar-refractivity contribution >= 4 is 6.03 Å². The van der Waals surface area contributed by atoms with Crippen LogP contribution in [0.2, 0.25) is 0 Å². The van der Waals surface area contributed by atoms with E-state index in [-0.39, 0.29) is 11.6 Å². The number of nitrogens with one attached hydrogen (secondary N) is 1. The lowest BCUT2D eigenvalue weighted by Gasteiger charge is -2.38. The molecule has 4 nitrogen and oxygen atoms in total. The maximum Gasteiger partial charge on any atom is 0.320 e. The standard InChI is InChI=1S/C16H25N3O/c1-16(2,13-8-6-5-7-9-13)18(4)15(20)19-11-10-14(12-19)17-3/h5-9,14,17H,10-12H2,1-4H3. The predicted octanol–water partition coefficient (Wildman–Crippen LogP) is 2.27. The molecule has 2 amide bonds. The monoisotopic (exact) mass is 275 g/mol. The fourth-order valence-electron chi connectivity index (χ4n) is 2.66. The highest BCUT2D eigenvalue weighted by Gasteiger charge is 2.34. The van der Waals surface area contributed by atoms with Gasteiger partial charge in [-0.15, -0.1) is 0 Å². The summed E-state index contributed by atoms with van der Waals surface area (Å²) < 4.78 is 0. The summed E-state index contributed by atoms with van der Waals surface area (Å²) in [4.78, 5) is 16.4. The zero-order valence-electron chi connectivity index (χ0n) is 12.9. The third-order valence-corrected chi connectivity index (χ3v) is 4.47. The van der Waals surface area contributed by atoms with Crippen LogP contribution in [0.1, 0.15) is 25.8 Å². The lowest BCUT2D eigenvalue weighted by Crippen LogP contribution is -2.49. The second-order valence-corrected chi connectivity index (χ2v) is 5.99. The molecule has 0 aromatic heterocycles. The molecule has 20 heavy (non-hydrogen) atoms. The van der Waals surface area contributed by atoms with Gasteiger partial charge in [-0.2, -0.15) is 0 Å². The molecular formula is C16H25N3O. The second kappa shape index (κ2) is 5.83. The molecule has 1 unspecified atom stereocenters. The Bertz CT molecular complexity index is 458. The van der Waals surface area contributed by atoms with Crippen molar-refractivity contribution in [2.75, 3.05) is 27.2 Å². The number of urea groups is 1. The van der Waals surface area contributed by atoms with Crippen molar-refractivity contribution in [1.29, 1.82) is 0 Å². The Morgan fingerprint density at radius 2 is 2.00 bits per heavy atom. The van der Waals surface area contributed by atoms with E-state index in [4.69, 9.17) is 0 Å². The molecule has 4 heteroatoms. The number of rotatable bonds is 3. The highest BCUT2D eigenvalue weighted by Crippen LogP contribution is 2.28. The molecule has 0 radical (unpaired) electrons. The molecule has 1 atom stereocenters. The third kappa shape index (κ3) is 2.80. The fraction of sp³-hybridized carbons (Fsp3) is 0.562. The van der Waals surface area contributed by atoms with Crippen molar-refractivity contribution in [1.82, 2.24) is 15.1 Å². The summed E-state index contributed by atoms with van der Waals surface area (Å²) in [6.07, 6.45) is 1.03. The van der Waals surface area contributed by atoms with Gasteiger partial charge in [0.15, 0.2) is 0 Å². The molecule has 0 bridgehead atoms. The van der Waals surface area contributed by atoms with E-state index in [1.165, 1.54) is 0 Å². The van der Waals surface area contributed by atoms with Crippen LogP contribution in [0, 0.1) is 0 Å². The van der Waals surface area contributed by atoms with Gasteiger partial charge in [0, 0.05) is 26.2 Å². The SMILES string of the molecule is CNC1CCN(C(=O)N(C)C(C)(C)c2ccccc2)C1. The Balaban J connectivity index is 2.10. The summed E-state index contributed by atoms with van der Waals surface area (Å²) in [5.41, 5.74) is 0.844. The summed E-state index contributed by atoms with van der Waals surface area (Å²) in [6.45, 7) is 5.81. The zero-order chi connectivity index (χ0) is 14.8. The maximum absolute atomic E-state index is 12.7. The van der Waals surface area contributed by atoms with Gasteiger partial charge < -0.3 is 15.1 Å². The molecule has 1 aromatic rings. The quantitative estimate of drug-likeness (QED) is 0.918. The minimum atomic E-state index is -0.309. The number of carbonyl (C=O) groups excluding carboxylic acids is 1. The van der Waals surface area contributed by atoms with Crippen LogP contribution in [0.15, 0.2) is 30.3 Å². The van der Waals surface area contributed by atoms with Gasteiger partial charge in [0.1, 0.15) is 0 Å². The van der Waals surface area contributed by atoms with Gasteiger partial charge in [0.25, 0.3) is 0 Å². The Hall–Kier alpha value is -1.55. The second-order valence-electron chi connectivity index (χ2n) is 5.99. The Morgan fingerprint density at radius 3 is 2.55 bits per heavy atom. The molecule has 110 valence electrons. The lowest BCUT2D eigenvalue weighted by molar-refractivity contribution is 0.125. The average molecular weight is 275 g/mol. The highest BCUT2D eigenvalue weighted by molar-refractivity contribution is 5.75. The smallest absolute Gasteiger partial charge is 0.320 e. The number of nitrogens with zero attached hydrogens (tertiary/aromatic N) is 2. The van der Waals surface area contributed by atoms with E-state index in [0.717, 1.165) is 25.1 Å². The summed E-state index contributed by atoms with van der Waals surface area (Å²) in [6, 6.07) is 10.7. The summed E-state index contributed by atoms with van der Waals surface area (Å²) in [5, 5.41) is 3.25. The summed E-state index contributed by atoms with van der Waals surface area (Å²) in [7, 11) is 3.85. The van der Waals surface area contributed by atoms with Crippen molar-refractivity contribution in [3.05, 3.63) is 35.9 Å². The molecule has 0 spiro atoms. The van der Waals surface area contributed by atoms with E-state index >= 15 is 0 Å². The molecule has 1 aliphatic rings. The fourth-order valence-corrected chi connectivity index (χ4v) is 2.66. The van der Waals surface area contributed by atoms with E-state index in [0.29, 0.717) is 6.04 Å². The van der Waals surface area contributed by atoms with Gasteiger partial charge in [-0.3, -0.25) is 0 Å². The van der Waals surface area contributed by atoms with Gasteiger partial charge in [-0.1, -0.05) is 30.3 Å². The largest absolute Gasteiger partial charge is 0.323 e. The first kappa shape index (κ1) is 14.9. The predicted molar refractivity (Wildman–Crippen MR) is 81.7 cm³/mol. The van der Waals surface area contributed by atoms with E-state index < -0.39 is 0 Å². The van der Waals surface area contributed by atoms with Gasteiger partial charge in [0.05, 0.1) is 5.54 Å². The Morgan fingerprint density at radius 1 is 1.35 bits per heavy atom. The molecule has 0 aliphatic carbocycles.